The van der Waals surface area contributed by atoms with E-state index in [4.69, 9.17) is 0 Å². The fraction of sp³-hybridized carbons (Fsp3) is 0.263. The quantitative estimate of drug-likeness (QED) is 0.605. The highest BCUT2D eigenvalue weighted by Crippen LogP contribution is 2.15. The molecule has 1 amide bonds. The Kier molecular flexibility index (Phi) is 6.06. The minimum absolute atomic E-state index is 0.00643. The summed E-state index contributed by atoms with van der Waals surface area (Å²) in [7, 11) is 0. The van der Waals surface area contributed by atoms with Crippen molar-refractivity contribution in [2.24, 2.45) is 0 Å². The highest BCUT2D eigenvalue weighted by molar-refractivity contribution is 7.98. The van der Waals surface area contributed by atoms with Crippen LogP contribution in [0, 0.1) is 5.82 Å². The van der Waals surface area contributed by atoms with Crippen LogP contribution in [0.5, 0.6) is 0 Å². The van der Waals surface area contributed by atoms with Crippen LogP contribution in [0.4, 0.5) is 4.39 Å². The van der Waals surface area contributed by atoms with Gasteiger partial charge in [0, 0.05) is 30.9 Å². The van der Waals surface area contributed by atoms with Crippen molar-refractivity contribution in [1.29, 1.82) is 0 Å². The van der Waals surface area contributed by atoms with Gasteiger partial charge in [0.25, 0.3) is 0 Å². The van der Waals surface area contributed by atoms with Crippen molar-refractivity contribution in [2.45, 2.75) is 18.6 Å². The van der Waals surface area contributed by atoms with Crippen LogP contribution >= 0.6 is 11.8 Å². The molecule has 0 aliphatic carbocycles. The number of H-pyrrole nitrogens is 1. The van der Waals surface area contributed by atoms with E-state index in [9.17, 15) is 9.18 Å². The molecule has 4 nitrogen and oxygen atoms in total. The third kappa shape index (κ3) is 5.06. The van der Waals surface area contributed by atoms with Gasteiger partial charge in [0.2, 0.25) is 5.91 Å². The molecular formula is C19H20FN3OS. The minimum atomic E-state index is -0.176. The molecule has 3 rings (SSSR count). The van der Waals surface area contributed by atoms with Crippen LogP contribution in [0.1, 0.15) is 17.8 Å². The number of aryl methyl sites for hydroxylation is 1. The zero-order valence-electron chi connectivity index (χ0n) is 13.8. The lowest BCUT2D eigenvalue weighted by atomic mass is 10.2. The molecule has 6 heteroatoms. The average molecular weight is 357 g/mol. The molecule has 0 atom stereocenters. The monoisotopic (exact) mass is 357 g/mol. The van der Waals surface area contributed by atoms with E-state index >= 15 is 0 Å². The number of hydrogen-bond acceptors (Lipinski definition) is 3. The van der Waals surface area contributed by atoms with Gasteiger partial charge in [-0.1, -0.05) is 30.3 Å². The number of aromatic amines is 1. The summed E-state index contributed by atoms with van der Waals surface area (Å²) < 4.78 is 13.5. The van der Waals surface area contributed by atoms with Crippen molar-refractivity contribution < 1.29 is 9.18 Å². The number of imidazole rings is 1. The Morgan fingerprint density at radius 1 is 1.16 bits per heavy atom. The van der Waals surface area contributed by atoms with E-state index in [1.165, 1.54) is 6.07 Å². The summed E-state index contributed by atoms with van der Waals surface area (Å²) in [4.78, 5) is 19.6. The lowest BCUT2D eigenvalue weighted by molar-refractivity contribution is -0.120. The van der Waals surface area contributed by atoms with Crippen molar-refractivity contribution in [3.63, 3.8) is 0 Å². The number of aromatic nitrogens is 2. The normalized spacial score (nSPS) is 10.9. The predicted molar refractivity (Wildman–Crippen MR) is 100.0 cm³/mol. The summed E-state index contributed by atoms with van der Waals surface area (Å²) in [6, 6.07) is 14.6. The van der Waals surface area contributed by atoms with Gasteiger partial charge in [-0.2, -0.15) is 11.8 Å². The number of halogens is 1. The Morgan fingerprint density at radius 3 is 2.80 bits per heavy atom. The van der Waals surface area contributed by atoms with Gasteiger partial charge in [-0.05, 0) is 23.8 Å². The molecule has 0 saturated heterocycles. The summed E-state index contributed by atoms with van der Waals surface area (Å²) >= 11 is 1.61. The molecule has 25 heavy (non-hydrogen) atoms. The second-order valence-corrected chi connectivity index (χ2v) is 6.80. The lowest BCUT2D eigenvalue weighted by Crippen LogP contribution is -2.26. The van der Waals surface area contributed by atoms with E-state index in [-0.39, 0.29) is 11.7 Å². The van der Waals surface area contributed by atoms with Crippen LogP contribution in [0.3, 0.4) is 0 Å². The number of nitrogens with zero attached hydrogens (tertiary/aromatic N) is 1. The maximum Gasteiger partial charge on any atom is 0.220 e. The van der Waals surface area contributed by atoms with Gasteiger partial charge in [-0.25, -0.2) is 9.37 Å². The third-order valence-corrected chi connectivity index (χ3v) is 4.82. The highest BCUT2D eigenvalue weighted by atomic mass is 32.2. The average Bonchev–Trinajstić information content (AvgIpc) is 3.04. The number of nitrogens with one attached hydrogen (secondary N) is 2. The summed E-state index contributed by atoms with van der Waals surface area (Å²) in [5, 5.41) is 2.89. The molecule has 0 spiro atoms. The summed E-state index contributed by atoms with van der Waals surface area (Å²) in [6.45, 7) is 0.581. The maximum absolute atomic E-state index is 13.5. The Hall–Kier alpha value is -2.34. The third-order valence-electron chi connectivity index (χ3n) is 3.81. The largest absolute Gasteiger partial charge is 0.355 e. The van der Waals surface area contributed by atoms with E-state index in [1.807, 2.05) is 30.3 Å². The Morgan fingerprint density at radius 2 is 1.96 bits per heavy atom. The molecule has 0 unspecified atom stereocenters. The molecule has 2 N–H and O–H groups in total. The first-order chi connectivity index (χ1) is 12.2. The predicted octanol–water partition coefficient (Wildman–Crippen LogP) is 3.68. The number of hydrogen-bond donors (Lipinski definition) is 2. The molecule has 0 saturated carbocycles. The van der Waals surface area contributed by atoms with Gasteiger partial charge in [0.05, 0.1) is 11.0 Å². The number of carbonyl (C=O) groups excluding carboxylic acids is 1. The first-order valence-corrected chi connectivity index (χ1v) is 9.39. The van der Waals surface area contributed by atoms with Gasteiger partial charge in [0.1, 0.15) is 11.6 Å². The molecule has 0 fully saturated rings. The van der Waals surface area contributed by atoms with Gasteiger partial charge in [-0.3, -0.25) is 4.79 Å². The molecule has 0 aliphatic rings. The Balaban J connectivity index is 1.33. The summed E-state index contributed by atoms with van der Waals surface area (Å²) in [5.41, 5.74) is 2.61. The number of fused-ring (bicyclic) bond motifs is 1. The number of para-hydroxylation sites is 2. The first kappa shape index (κ1) is 17.5. The van der Waals surface area contributed by atoms with Gasteiger partial charge in [-0.15, -0.1) is 0 Å². The molecule has 0 aliphatic heterocycles. The smallest absolute Gasteiger partial charge is 0.220 e. The van der Waals surface area contributed by atoms with Gasteiger partial charge in [0.15, 0.2) is 0 Å². The lowest BCUT2D eigenvalue weighted by Gasteiger charge is -2.05. The summed E-state index contributed by atoms with van der Waals surface area (Å²) in [6.07, 6.45) is 0.987. The fourth-order valence-corrected chi connectivity index (χ4v) is 3.35. The summed E-state index contributed by atoms with van der Waals surface area (Å²) in [5.74, 6) is 2.02. The van der Waals surface area contributed by atoms with E-state index in [0.717, 1.165) is 22.6 Å². The van der Waals surface area contributed by atoms with Gasteiger partial charge < -0.3 is 10.3 Å². The van der Waals surface area contributed by atoms with Gasteiger partial charge >= 0.3 is 0 Å². The van der Waals surface area contributed by atoms with Crippen LogP contribution in [0.2, 0.25) is 0 Å². The van der Waals surface area contributed by atoms with E-state index in [1.54, 1.807) is 23.9 Å². The fourth-order valence-electron chi connectivity index (χ4n) is 2.50. The molecule has 2 aromatic carbocycles. The van der Waals surface area contributed by atoms with Crippen LogP contribution in [-0.4, -0.2) is 28.2 Å². The van der Waals surface area contributed by atoms with Crippen molar-refractivity contribution in [1.82, 2.24) is 15.3 Å². The molecule has 1 aromatic heterocycles. The minimum Gasteiger partial charge on any atom is -0.355 e. The second kappa shape index (κ2) is 8.67. The van der Waals surface area contributed by atoms with E-state index < -0.39 is 0 Å². The van der Waals surface area contributed by atoms with Crippen LogP contribution in [0.15, 0.2) is 48.5 Å². The van der Waals surface area contributed by atoms with Crippen molar-refractivity contribution in [3.05, 3.63) is 65.7 Å². The van der Waals surface area contributed by atoms with E-state index in [2.05, 4.69) is 15.3 Å². The number of rotatable bonds is 8. The van der Waals surface area contributed by atoms with Crippen LogP contribution in [-0.2, 0) is 17.0 Å². The highest BCUT2D eigenvalue weighted by Gasteiger charge is 2.06. The van der Waals surface area contributed by atoms with Crippen LogP contribution in [0.25, 0.3) is 11.0 Å². The first-order valence-electron chi connectivity index (χ1n) is 8.24. The SMILES string of the molecule is O=C(CCc1nc2ccccc2[nH]1)NCCSCc1ccccc1F. The zero-order valence-corrected chi connectivity index (χ0v) is 14.6. The zero-order chi connectivity index (χ0) is 17.5. The molecule has 3 aromatic rings. The van der Waals surface area contributed by atoms with Crippen molar-refractivity contribution >= 4 is 28.7 Å². The number of thioether (sulfide) groups is 1. The Bertz CT molecular complexity index is 816. The number of carbonyl (C=O) groups is 1. The standard InChI is InChI=1S/C19H20FN3OS/c20-15-6-2-1-5-14(15)13-25-12-11-21-19(24)10-9-18-22-16-7-3-4-8-17(16)23-18/h1-8H,9-13H2,(H,21,24)(H,22,23). The number of benzene rings is 2. The van der Waals surface area contributed by atoms with E-state index in [0.29, 0.717) is 30.7 Å². The van der Waals surface area contributed by atoms with Crippen molar-refractivity contribution in [3.8, 4) is 0 Å². The topological polar surface area (TPSA) is 57.8 Å². The molecule has 130 valence electrons. The van der Waals surface area contributed by atoms with Crippen LogP contribution < -0.4 is 5.32 Å². The molecule has 0 bridgehead atoms. The molecule has 0 radical (unpaired) electrons. The second-order valence-electron chi connectivity index (χ2n) is 5.69. The Labute approximate surface area is 150 Å². The molecular weight excluding hydrogens is 337 g/mol. The number of amides is 1. The maximum atomic E-state index is 13.5. The molecule has 1 heterocycles. The van der Waals surface area contributed by atoms with Crippen molar-refractivity contribution in [2.75, 3.05) is 12.3 Å².